The van der Waals surface area contributed by atoms with Crippen molar-refractivity contribution in [2.45, 2.75) is 38.5 Å². The number of nitrogens with two attached hydrogens (primary N) is 1. The van der Waals surface area contributed by atoms with Gasteiger partial charge >= 0.3 is 5.97 Å². The van der Waals surface area contributed by atoms with Crippen LogP contribution in [0, 0.1) is 17.3 Å². The first kappa shape index (κ1) is 9.97. The zero-order valence-corrected chi connectivity index (χ0v) is 8.54. The molecule has 80 valence electrons. The molecule has 2 aliphatic carbocycles. The van der Waals surface area contributed by atoms with Crippen molar-refractivity contribution in [2.24, 2.45) is 23.0 Å². The van der Waals surface area contributed by atoms with Crippen LogP contribution in [0.2, 0.25) is 0 Å². The molecule has 14 heavy (non-hydrogen) atoms. The maximum atomic E-state index is 11.3. The van der Waals surface area contributed by atoms with Gasteiger partial charge in [0.05, 0.1) is 5.41 Å². The molecule has 3 heteroatoms. The summed E-state index contributed by atoms with van der Waals surface area (Å²) >= 11 is 0. The minimum absolute atomic E-state index is 0.323. The van der Waals surface area contributed by atoms with Crippen molar-refractivity contribution in [3.8, 4) is 0 Å². The van der Waals surface area contributed by atoms with Gasteiger partial charge in [-0.25, -0.2) is 0 Å². The summed E-state index contributed by atoms with van der Waals surface area (Å²) in [4.78, 5) is 11.3. The molecule has 0 aromatic heterocycles. The van der Waals surface area contributed by atoms with Crippen LogP contribution in [0.4, 0.5) is 0 Å². The summed E-state index contributed by atoms with van der Waals surface area (Å²) in [6.07, 6.45) is 6.65. The van der Waals surface area contributed by atoms with Crippen molar-refractivity contribution < 1.29 is 9.90 Å². The molecule has 2 fully saturated rings. The standard InChI is InChI=1S/C11H19NO2/c12-7-11(10(13)14,9-4-5-9)6-8-2-1-3-8/h8-9H,1-7,12H2,(H,13,14). The van der Waals surface area contributed by atoms with Crippen LogP contribution >= 0.6 is 0 Å². The largest absolute Gasteiger partial charge is 0.481 e. The first-order valence-corrected chi connectivity index (χ1v) is 5.62. The Bertz CT molecular complexity index is 233. The third-order valence-electron chi connectivity index (χ3n) is 4.03. The molecule has 2 rings (SSSR count). The van der Waals surface area contributed by atoms with Gasteiger partial charge in [-0.05, 0) is 31.1 Å². The van der Waals surface area contributed by atoms with Gasteiger partial charge in [0.1, 0.15) is 0 Å². The molecule has 0 spiro atoms. The fourth-order valence-electron chi connectivity index (χ4n) is 2.61. The summed E-state index contributed by atoms with van der Waals surface area (Å²) in [6.45, 7) is 0.323. The van der Waals surface area contributed by atoms with Crippen molar-refractivity contribution in [1.82, 2.24) is 0 Å². The number of carboxylic acids is 1. The molecule has 0 aromatic carbocycles. The van der Waals surface area contributed by atoms with E-state index in [9.17, 15) is 9.90 Å². The highest BCUT2D eigenvalue weighted by molar-refractivity contribution is 5.76. The van der Waals surface area contributed by atoms with Gasteiger partial charge in [-0.1, -0.05) is 19.3 Å². The average molecular weight is 197 g/mol. The lowest BCUT2D eigenvalue weighted by Gasteiger charge is -2.36. The van der Waals surface area contributed by atoms with E-state index in [-0.39, 0.29) is 0 Å². The summed E-state index contributed by atoms with van der Waals surface area (Å²) < 4.78 is 0. The molecule has 3 nitrogen and oxygen atoms in total. The van der Waals surface area contributed by atoms with Crippen molar-refractivity contribution in [3.05, 3.63) is 0 Å². The number of carboxylic acid groups (broad SMARTS) is 1. The van der Waals surface area contributed by atoms with E-state index in [1.807, 2.05) is 0 Å². The topological polar surface area (TPSA) is 63.3 Å². The predicted molar refractivity (Wildman–Crippen MR) is 53.8 cm³/mol. The molecular formula is C11H19NO2. The second-order valence-electron chi connectivity index (χ2n) is 4.94. The van der Waals surface area contributed by atoms with Crippen LogP contribution in [0.15, 0.2) is 0 Å². The number of carbonyl (C=O) groups is 1. The van der Waals surface area contributed by atoms with Crippen LogP contribution in [0.1, 0.15) is 38.5 Å². The van der Waals surface area contributed by atoms with Crippen LogP contribution in [-0.2, 0) is 4.79 Å². The molecular weight excluding hydrogens is 178 g/mol. The highest BCUT2D eigenvalue weighted by Crippen LogP contribution is 2.51. The van der Waals surface area contributed by atoms with Crippen LogP contribution < -0.4 is 5.73 Å². The molecule has 0 aromatic rings. The van der Waals surface area contributed by atoms with Crippen molar-refractivity contribution >= 4 is 5.97 Å². The molecule has 0 aliphatic heterocycles. The van der Waals surface area contributed by atoms with Crippen molar-refractivity contribution in [3.63, 3.8) is 0 Å². The second kappa shape index (κ2) is 3.54. The Morgan fingerprint density at radius 2 is 2.00 bits per heavy atom. The molecule has 0 amide bonds. The van der Waals surface area contributed by atoms with Crippen LogP contribution in [0.3, 0.4) is 0 Å². The van der Waals surface area contributed by atoms with E-state index in [0.29, 0.717) is 18.4 Å². The van der Waals surface area contributed by atoms with E-state index in [2.05, 4.69) is 0 Å². The highest BCUT2D eigenvalue weighted by atomic mass is 16.4. The van der Waals surface area contributed by atoms with E-state index in [0.717, 1.165) is 19.3 Å². The van der Waals surface area contributed by atoms with Crippen LogP contribution in [0.25, 0.3) is 0 Å². The van der Waals surface area contributed by atoms with E-state index < -0.39 is 11.4 Å². The van der Waals surface area contributed by atoms with Gasteiger partial charge in [0.25, 0.3) is 0 Å². The van der Waals surface area contributed by atoms with Gasteiger partial charge in [-0.15, -0.1) is 0 Å². The number of aliphatic carboxylic acids is 1. The Balaban J connectivity index is 2.05. The van der Waals surface area contributed by atoms with Gasteiger partial charge < -0.3 is 10.8 Å². The fraction of sp³-hybridized carbons (Fsp3) is 0.909. The monoisotopic (exact) mass is 197 g/mol. The summed E-state index contributed by atoms with van der Waals surface area (Å²) in [7, 11) is 0. The molecule has 1 unspecified atom stereocenters. The quantitative estimate of drug-likeness (QED) is 0.704. The lowest BCUT2D eigenvalue weighted by molar-refractivity contribution is -0.151. The Labute approximate surface area is 84.7 Å². The zero-order valence-electron chi connectivity index (χ0n) is 8.54. The Hall–Kier alpha value is -0.570. The molecule has 2 aliphatic rings. The summed E-state index contributed by atoms with van der Waals surface area (Å²) in [6, 6.07) is 0. The molecule has 0 bridgehead atoms. The van der Waals surface area contributed by atoms with Gasteiger partial charge in [0.15, 0.2) is 0 Å². The van der Waals surface area contributed by atoms with Gasteiger partial charge in [0, 0.05) is 6.54 Å². The summed E-state index contributed by atoms with van der Waals surface area (Å²) in [5.41, 5.74) is 5.12. The van der Waals surface area contributed by atoms with Crippen LogP contribution in [-0.4, -0.2) is 17.6 Å². The second-order valence-corrected chi connectivity index (χ2v) is 4.94. The fourth-order valence-corrected chi connectivity index (χ4v) is 2.61. The van der Waals surface area contributed by atoms with Gasteiger partial charge in [-0.3, -0.25) is 4.79 Å². The molecule has 3 N–H and O–H groups in total. The lowest BCUT2D eigenvalue weighted by Crippen LogP contribution is -2.43. The van der Waals surface area contributed by atoms with Gasteiger partial charge in [0.2, 0.25) is 0 Å². The van der Waals surface area contributed by atoms with Crippen molar-refractivity contribution in [2.75, 3.05) is 6.54 Å². The third kappa shape index (κ3) is 1.54. The predicted octanol–water partition coefficient (Wildman–Crippen LogP) is 1.62. The Morgan fingerprint density at radius 3 is 2.29 bits per heavy atom. The Morgan fingerprint density at radius 1 is 1.36 bits per heavy atom. The maximum absolute atomic E-state index is 11.3. The van der Waals surface area contributed by atoms with E-state index >= 15 is 0 Å². The van der Waals surface area contributed by atoms with Crippen LogP contribution in [0.5, 0.6) is 0 Å². The molecule has 0 heterocycles. The maximum Gasteiger partial charge on any atom is 0.311 e. The molecule has 2 saturated carbocycles. The SMILES string of the molecule is NCC(CC1CCC1)(C(=O)O)C1CC1. The number of hydrogen-bond acceptors (Lipinski definition) is 2. The lowest BCUT2D eigenvalue weighted by atomic mass is 9.69. The zero-order chi connectivity index (χ0) is 10.2. The minimum Gasteiger partial charge on any atom is -0.481 e. The number of rotatable bonds is 5. The molecule has 0 radical (unpaired) electrons. The first-order valence-electron chi connectivity index (χ1n) is 5.62. The van der Waals surface area contributed by atoms with E-state index in [4.69, 9.17) is 5.73 Å². The molecule has 0 saturated heterocycles. The summed E-state index contributed by atoms with van der Waals surface area (Å²) in [5, 5.41) is 9.32. The Kier molecular flexibility index (Phi) is 2.52. The molecule has 1 atom stereocenters. The van der Waals surface area contributed by atoms with Crippen molar-refractivity contribution in [1.29, 1.82) is 0 Å². The first-order chi connectivity index (χ1) is 6.69. The van der Waals surface area contributed by atoms with Gasteiger partial charge in [-0.2, -0.15) is 0 Å². The smallest absolute Gasteiger partial charge is 0.311 e. The number of hydrogen-bond donors (Lipinski definition) is 2. The highest BCUT2D eigenvalue weighted by Gasteiger charge is 2.51. The average Bonchev–Trinajstić information content (AvgIpc) is 2.86. The van der Waals surface area contributed by atoms with E-state index in [1.54, 1.807) is 0 Å². The van der Waals surface area contributed by atoms with E-state index in [1.165, 1.54) is 19.3 Å². The third-order valence-corrected chi connectivity index (χ3v) is 4.03. The minimum atomic E-state index is -0.658. The summed E-state index contributed by atoms with van der Waals surface area (Å²) in [5.74, 6) is 0.343. The normalized spacial score (nSPS) is 26.6.